The molecule has 3 aromatic heterocycles. The molecule has 6 aromatic rings. The van der Waals surface area contributed by atoms with Gasteiger partial charge in [-0.05, 0) is 31.2 Å². The number of oxazole rings is 1. The largest absolute Gasteiger partial charge is 0.481 e. The molecule has 44 heavy (non-hydrogen) atoms. The van der Waals surface area contributed by atoms with Crippen molar-refractivity contribution in [3.63, 3.8) is 0 Å². The van der Waals surface area contributed by atoms with Gasteiger partial charge in [-0.3, -0.25) is 9.10 Å². The van der Waals surface area contributed by atoms with Crippen LogP contribution in [0.5, 0.6) is 5.88 Å². The standard InChI is InChI=1S/C32H27FN4O6S/c1-17-9-11-18(12-10-17)30-28(31(38)34-2)21-15-20(24(16-26(21)42-30)37(3)44(5,39)40)23-13-19(14-27(35-23)41-4)32-36-29-22(33)7-6-8-25(29)43-32/h6-16H,1-5H3,(H,34,38). The molecule has 0 fully saturated rings. The number of halogens is 1. The lowest BCUT2D eigenvalue weighted by molar-refractivity contribution is 0.0964. The maximum atomic E-state index is 14.4. The van der Waals surface area contributed by atoms with Crippen LogP contribution in [0, 0.1) is 12.7 Å². The van der Waals surface area contributed by atoms with E-state index in [1.165, 1.54) is 33.3 Å². The zero-order chi connectivity index (χ0) is 31.3. The number of rotatable bonds is 7. The Kier molecular flexibility index (Phi) is 7.08. The highest BCUT2D eigenvalue weighted by atomic mass is 32.2. The predicted molar refractivity (Wildman–Crippen MR) is 166 cm³/mol. The lowest BCUT2D eigenvalue weighted by Crippen LogP contribution is -2.25. The Morgan fingerprint density at radius 3 is 2.39 bits per heavy atom. The zero-order valence-corrected chi connectivity index (χ0v) is 25.2. The first-order valence-electron chi connectivity index (χ1n) is 13.4. The molecule has 224 valence electrons. The van der Waals surface area contributed by atoms with Crippen LogP contribution in [0.3, 0.4) is 0 Å². The molecule has 0 aliphatic heterocycles. The molecule has 1 amide bonds. The van der Waals surface area contributed by atoms with Gasteiger partial charge in [-0.1, -0.05) is 35.9 Å². The summed E-state index contributed by atoms with van der Waals surface area (Å²) in [5, 5.41) is 3.12. The second-order valence-electron chi connectivity index (χ2n) is 10.2. The van der Waals surface area contributed by atoms with Crippen LogP contribution < -0.4 is 14.4 Å². The number of nitrogens with one attached hydrogen (secondary N) is 1. The quantitative estimate of drug-likeness (QED) is 0.226. The Morgan fingerprint density at radius 1 is 0.977 bits per heavy atom. The lowest BCUT2D eigenvalue weighted by atomic mass is 10.00. The highest BCUT2D eigenvalue weighted by molar-refractivity contribution is 7.92. The number of para-hydroxylation sites is 1. The van der Waals surface area contributed by atoms with Crippen LogP contribution >= 0.6 is 0 Å². The van der Waals surface area contributed by atoms with E-state index in [9.17, 15) is 17.6 Å². The SMILES string of the molecule is CNC(=O)c1c(-c2ccc(C)cc2)oc2cc(N(C)S(C)(=O)=O)c(-c3cc(-c4nc5c(F)cccc5o4)cc(OC)n3)cc12. The number of nitrogens with zero attached hydrogens (tertiary/aromatic N) is 3. The minimum Gasteiger partial charge on any atom is -0.481 e. The molecular weight excluding hydrogens is 587 g/mol. The summed E-state index contributed by atoms with van der Waals surface area (Å²) in [5.41, 5.74) is 3.90. The Balaban J connectivity index is 1.65. The van der Waals surface area contributed by atoms with Gasteiger partial charge in [-0.2, -0.15) is 0 Å². The van der Waals surface area contributed by atoms with Gasteiger partial charge in [0.25, 0.3) is 5.91 Å². The molecule has 0 unspecified atom stereocenters. The van der Waals surface area contributed by atoms with E-state index in [1.807, 2.05) is 31.2 Å². The molecule has 6 rings (SSSR count). The molecule has 0 atom stereocenters. The summed E-state index contributed by atoms with van der Waals surface area (Å²) in [7, 11) is 0.608. The number of anilines is 1. The third kappa shape index (κ3) is 5.02. The second-order valence-corrected chi connectivity index (χ2v) is 12.3. The van der Waals surface area contributed by atoms with Crippen LogP contribution in [0.4, 0.5) is 10.1 Å². The summed E-state index contributed by atoms with van der Waals surface area (Å²) in [6.45, 7) is 1.95. The molecule has 12 heteroatoms. The van der Waals surface area contributed by atoms with Crippen LogP contribution in [0.2, 0.25) is 0 Å². The van der Waals surface area contributed by atoms with Crippen LogP contribution in [0.1, 0.15) is 15.9 Å². The van der Waals surface area contributed by atoms with Gasteiger partial charge in [0.05, 0.1) is 30.3 Å². The fourth-order valence-corrected chi connectivity index (χ4v) is 5.45. The molecule has 0 saturated carbocycles. The topological polar surface area (TPSA) is 128 Å². The molecule has 0 spiro atoms. The highest BCUT2D eigenvalue weighted by Gasteiger charge is 2.27. The molecule has 0 aliphatic rings. The lowest BCUT2D eigenvalue weighted by Gasteiger charge is -2.20. The molecule has 1 N–H and O–H groups in total. The number of carbonyl (C=O) groups excluding carboxylic acids is 1. The first kappa shape index (κ1) is 28.9. The van der Waals surface area contributed by atoms with Crippen molar-refractivity contribution in [3.05, 3.63) is 83.7 Å². The minimum atomic E-state index is -3.76. The maximum absolute atomic E-state index is 14.4. The predicted octanol–water partition coefficient (Wildman–Crippen LogP) is 6.18. The molecule has 10 nitrogen and oxygen atoms in total. The van der Waals surface area contributed by atoms with Gasteiger partial charge in [0, 0.05) is 48.3 Å². The van der Waals surface area contributed by atoms with E-state index in [2.05, 4.69) is 15.3 Å². The number of methoxy groups -OCH3 is 1. The van der Waals surface area contributed by atoms with Gasteiger partial charge in [-0.25, -0.2) is 22.8 Å². The van der Waals surface area contributed by atoms with E-state index in [0.29, 0.717) is 33.4 Å². The van der Waals surface area contributed by atoms with Crippen LogP contribution in [-0.2, 0) is 10.0 Å². The molecule has 0 radical (unpaired) electrons. The van der Waals surface area contributed by atoms with Crippen molar-refractivity contribution in [2.24, 2.45) is 0 Å². The number of benzene rings is 3. The summed E-state index contributed by atoms with van der Waals surface area (Å²) < 4.78 is 58.7. The third-order valence-electron chi connectivity index (χ3n) is 7.31. The molecular formula is C32H27FN4O6S. The minimum absolute atomic E-state index is 0.0657. The smallest absolute Gasteiger partial charge is 0.255 e. The Hall–Kier alpha value is -5.23. The normalized spacial score (nSPS) is 11.7. The summed E-state index contributed by atoms with van der Waals surface area (Å²) in [5.74, 6) is -0.304. The van der Waals surface area contributed by atoms with E-state index in [4.69, 9.17) is 13.6 Å². The van der Waals surface area contributed by atoms with Crippen molar-refractivity contribution in [2.45, 2.75) is 6.92 Å². The van der Waals surface area contributed by atoms with Crippen molar-refractivity contribution >= 4 is 43.7 Å². The number of fused-ring (bicyclic) bond motifs is 2. The molecule has 0 aliphatic carbocycles. The average Bonchev–Trinajstić information content (AvgIpc) is 3.62. The summed E-state index contributed by atoms with van der Waals surface area (Å²) in [4.78, 5) is 22.2. The van der Waals surface area contributed by atoms with Gasteiger partial charge >= 0.3 is 0 Å². The van der Waals surface area contributed by atoms with Crippen LogP contribution in [0.25, 0.3) is 56.1 Å². The number of ether oxygens (including phenoxy) is 1. The van der Waals surface area contributed by atoms with E-state index in [0.717, 1.165) is 16.1 Å². The van der Waals surface area contributed by atoms with Crippen LogP contribution in [-0.4, -0.2) is 51.8 Å². The Bertz CT molecular complexity index is 2190. The monoisotopic (exact) mass is 614 g/mol. The number of carbonyl (C=O) groups is 1. The van der Waals surface area contributed by atoms with Gasteiger partial charge in [-0.15, -0.1) is 0 Å². The number of amides is 1. The van der Waals surface area contributed by atoms with Crippen molar-refractivity contribution in [3.8, 4) is 39.9 Å². The van der Waals surface area contributed by atoms with Crippen LogP contribution in [0.15, 0.2) is 75.6 Å². The number of sulfonamides is 1. The molecule has 0 bridgehead atoms. The van der Waals surface area contributed by atoms with Crippen molar-refractivity contribution in [1.29, 1.82) is 0 Å². The fourth-order valence-electron chi connectivity index (χ4n) is 4.94. The van der Waals surface area contributed by atoms with Gasteiger partial charge in [0.2, 0.25) is 21.8 Å². The summed E-state index contributed by atoms with van der Waals surface area (Å²) in [6, 6.07) is 18.4. The van der Waals surface area contributed by atoms with Crippen molar-refractivity contribution in [1.82, 2.24) is 15.3 Å². The van der Waals surface area contributed by atoms with E-state index >= 15 is 0 Å². The number of hydrogen-bond acceptors (Lipinski definition) is 8. The van der Waals surface area contributed by atoms with E-state index < -0.39 is 15.8 Å². The number of furan rings is 1. The number of aryl methyl sites for hydroxylation is 1. The number of hydrogen-bond donors (Lipinski definition) is 1. The van der Waals surface area contributed by atoms with Gasteiger partial charge in [0.15, 0.2) is 11.4 Å². The highest BCUT2D eigenvalue weighted by Crippen LogP contribution is 2.42. The Morgan fingerprint density at radius 2 is 1.73 bits per heavy atom. The maximum Gasteiger partial charge on any atom is 0.255 e. The first-order chi connectivity index (χ1) is 21.0. The Labute approximate surface area is 252 Å². The molecule has 3 aromatic carbocycles. The van der Waals surface area contributed by atoms with E-state index in [1.54, 1.807) is 30.3 Å². The first-order valence-corrected chi connectivity index (χ1v) is 15.3. The van der Waals surface area contributed by atoms with Gasteiger partial charge < -0.3 is 18.9 Å². The van der Waals surface area contributed by atoms with Crippen molar-refractivity contribution < 1.29 is 31.2 Å². The van der Waals surface area contributed by atoms with Crippen molar-refractivity contribution in [2.75, 3.05) is 31.8 Å². The average molecular weight is 615 g/mol. The summed E-state index contributed by atoms with van der Waals surface area (Å²) >= 11 is 0. The molecule has 0 saturated heterocycles. The summed E-state index contributed by atoms with van der Waals surface area (Å²) in [6.07, 6.45) is 1.08. The van der Waals surface area contributed by atoms with Gasteiger partial charge in [0.1, 0.15) is 16.9 Å². The number of aromatic nitrogens is 2. The number of pyridine rings is 1. The molecule has 3 heterocycles. The second kappa shape index (κ2) is 10.8. The van der Waals surface area contributed by atoms with E-state index in [-0.39, 0.29) is 45.7 Å². The zero-order valence-electron chi connectivity index (χ0n) is 24.4. The third-order valence-corrected chi connectivity index (χ3v) is 8.51. The fraction of sp³-hybridized carbons (Fsp3) is 0.156.